The average Bonchev–Trinajstić information content (AvgIpc) is 1.80. The zero-order chi connectivity index (χ0) is 7.11. The Balaban J connectivity index is 2.83. The van der Waals surface area contributed by atoms with E-state index < -0.39 is 5.97 Å². The van der Waals surface area contributed by atoms with Crippen LogP contribution < -0.4 is 0 Å². The van der Waals surface area contributed by atoms with Crippen molar-refractivity contribution >= 4 is 5.97 Å². The van der Waals surface area contributed by atoms with Gasteiger partial charge < -0.3 is 5.11 Å². The Hall–Kier alpha value is -0.530. The molecular formula is C7H14O2. The van der Waals surface area contributed by atoms with Crippen molar-refractivity contribution in [1.82, 2.24) is 0 Å². The lowest BCUT2D eigenvalue weighted by Gasteiger charge is -1.92. The number of hydrogen-bond donors (Lipinski definition) is 1. The van der Waals surface area contributed by atoms with Crippen LogP contribution in [0.1, 0.15) is 39.0 Å². The summed E-state index contributed by atoms with van der Waals surface area (Å²) in [4.78, 5) is 9.96. The Morgan fingerprint density at radius 1 is 1.33 bits per heavy atom. The van der Waals surface area contributed by atoms with Crippen LogP contribution in [0, 0.1) is 0 Å². The minimum Gasteiger partial charge on any atom is -0.481 e. The van der Waals surface area contributed by atoms with Gasteiger partial charge in [-0.3, -0.25) is 4.79 Å². The molecule has 54 valence electrons. The van der Waals surface area contributed by atoms with E-state index in [1.165, 1.54) is 6.42 Å². The van der Waals surface area contributed by atoms with Crippen molar-refractivity contribution in [3.05, 3.63) is 0 Å². The molecule has 9 heavy (non-hydrogen) atoms. The lowest BCUT2D eigenvalue weighted by molar-refractivity contribution is -0.137. The van der Waals surface area contributed by atoms with Gasteiger partial charge in [0.25, 0.3) is 0 Å². The molecule has 0 amide bonds. The van der Waals surface area contributed by atoms with E-state index in [-0.39, 0.29) is 0 Å². The average molecular weight is 134 g/mol. The first-order valence-electron chi connectivity index (χ1n) is 3.49. The van der Waals surface area contributed by atoms with Gasteiger partial charge in [0.15, 0.2) is 0 Å². The molecule has 1 N–H and O–H groups in total. The van der Waals surface area contributed by atoms with Gasteiger partial charge in [0.2, 0.25) is 0 Å². The van der Waals surface area contributed by atoms with E-state index in [4.69, 9.17) is 5.11 Å². The molecule has 0 aliphatic rings. The molecule has 0 rings (SSSR count). The summed E-state index contributed by atoms with van der Waals surface area (Å²) in [5.74, 6) is -0.675. The summed E-state index contributed by atoms with van der Waals surface area (Å²) < 4.78 is 0. The molecule has 0 aromatic carbocycles. The molecule has 0 fully saturated rings. The van der Waals surface area contributed by atoms with Crippen LogP contribution in [-0.4, -0.2) is 11.1 Å². The number of carbonyl (C=O) groups is 1. The minimum atomic E-state index is -0.675. The molecule has 2 nitrogen and oxygen atoms in total. The van der Waals surface area contributed by atoms with Crippen LogP contribution in [0.4, 0.5) is 0 Å². The first-order valence-corrected chi connectivity index (χ1v) is 3.49. The van der Waals surface area contributed by atoms with Crippen molar-refractivity contribution in [3.63, 3.8) is 0 Å². The lowest BCUT2D eigenvalue weighted by Crippen LogP contribution is -1.92. The number of hydrogen-bond acceptors (Lipinski definition) is 1. The zero-order valence-electron chi connectivity index (χ0n) is 5.89. The van der Waals surface area contributed by atoms with E-state index in [0.29, 0.717) is 6.42 Å². The van der Waals surface area contributed by atoms with Gasteiger partial charge in [-0.25, -0.2) is 0 Å². The van der Waals surface area contributed by atoms with Gasteiger partial charge in [0.1, 0.15) is 0 Å². The number of aliphatic carboxylic acids is 1. The highest BCUT2D eigenvalue weighted by molar-refractivity contribution is 5.66. The first-order chi connectivity index (χ1) is 4.27. The highest BCUT2D eigenvalue weighted by Crippen LogP contribution is 2.01. The van der Waals surface area contributed by atoms with Gasteiger partial charge in [0.05, 0.1) is 0 Å². The van der Waals surface area contributed by atoms with Gasteiger partial charge in [-0.1, -0.05) is 26.2 Å². The first kappa shape index (κ1) is 8.47. The second-order valence-electron chi connectivity index (χ2n) is 2.20. The summed E-state index contributed by atoms with van der Waals surface area (Å²) in [7, 11) is 0. The maximum absolute atomic E-state index is 9.96. The fourth-order valence-electron chi connectivity index (χ4n) is 0.703. The van der Waals surface area contributed by atoms with Gasteiger partial charge in [0, 0.05) is 6.42 Å². The summed E-state index contributed by atoms with van der Waals surface area (Å²) in [5, 5.41) is 8.21. The van der Waals surface area contributed by atoms with E-state index in [2.05, 4.69) is 6.92 Å². The largest absolute Gasteiger partial charge is 0.481 e. The van der Waals surface area contributed by atoms with Crippen molar-refractivity contribution in [2.24, 2.45) is 0 Å². The van der Waals surface area contributed by atoms with Crippen LogP contribution >= 0.6 is 0 Å². The maximum Gasteiger partial charge on any atom is 0.303 e. The smallest absolute Gasteiger partial charge is 0.303 e. The number of carboxylic acid groups (broad SMARTS) is 1. The zero-order valence-corrected chi connectivity index (χ0v) is 5.89. The molecule has 0 heterocycles. The van der Waals surface area contributed by atoms with Crippen molar-refractivity contribution < 1.29 is 9.90 Å². The molecular weight excluding hydrogens is 120 g/mol. The Morgan fingerprint density at radius 3 is 2.44 bits per heavy atom. The number of carboxylic acids is 1. The molecule has 0 bridgehead atoms. The van der Waals surface area contributed by atoms with Crippen molar-refractivity contribution in [2.45, 2.75) is 39.0 Å². The normalized spacial score (nSPS) is 9.44. The van der Waals surface area contributed by atoms with Gasteiger partial charge in [-0.2, -0.15) is 0 Å². The van der Waals surface area contributed by atoms with Crippen LogP contribution in [0.2, 0.25) is 0 Å². The standard InChI is InChI=1S/C7H14O2/c1-2-3-4-5-6-7(8)9/h2-6H2,1H3,(H,8,9)/i4+1,5+1,6+1,7+1. The topological polar surface area (TPSA) is 37.3 Å². The van der Waals surface area contributed by atoms with Gasteiger partial charge in [-0.05, 0) is 6.42 Å². The third-order valence-electron chi connectivity index (χ3n) is 1.24. The SMILES string of the molecule is CCC[13CH2][13CH2][13CH2][13C](=O)O. The molecule has 0 saturated heterocycles. The Morgan fingerprint density at radius 2 is 2.00 bits per heavy atom. The summed E-state index contributed by atoms with van der Waals surface area (Å²) in [5.41, 5.74) is 0. The predicted molar refractivity (Wildman–Crippen MR) is 36.4 cm³/mol. The van der Waals surface area contributed by atoms with E-state index in [1.807, 2.05) is 0 Å². The third kappa shape index (κ3) is 7.47. The Bertz CT molecular complexity index is 79.0. The molecule has 0 aromatic heterocycles. The molecule has 0 aromatic rings. The molecule has 0 aliphatic carbocycles. The maximum atomic E-state index is 9.96. The van der Waals surface area contributed by atoms with Crippen molar-refractivity contribution in [3.8, 4) is 0 Å². The highest BCUT2D eigenvalue weighted by Gasteiger charge is 1.93. The summed E-state index contributed by atoms with van der Waals surface area (Å²) in [6.45, 7) is 2.11. The monoisotopic (exact) mass is 134 g/mol. The third-order valence-corrected chi connectivity index (χ3v) is 1.24. The predicted octanol–water partition coefficient (Wildman–Crippen LogP) is 2.04. The highest BCUT2D eigenvalue weighted by atomic mass is 16.5. The molecule has 0 atom stereocenters. The number of rotatable bonds is 5. The fourth-order valence-corrected chi connectivity index (χ4v) is 0.703. The molecule has 0 unspecified atom stereocenters. The molecule has 0 radical (unpaired) electrons. The summed E-state index contributed by atoms with van der Waals surface area (Å²) in [6.07, 6.45) is 4.55. The Labute approximate surface area is 55.9 Å². The second kappa shape index (κ2) is 5.60. The van der Waals surface area contributed by atoms with E-state index in [9.17, 15) is 4.79 Å². The van der Waals surface area contributed by atoms with Crippen LogP contribution in [-0.2, 0) is 4.79 Å². The molecule has 0 aliphatic heterocycles. The van der Waals surface area contributed by atoms with Gasteiger partial charge >= 0.3 is 5.97 Å². The minimum absolute atomic E-state index is 0.333. The van der Waals surface area contributed by atoms with Crippen LogP contribution in [0.25, 0.3) is 0 Å². The van der Waals surface area contributed by atoms with Crippen LogP contribution in [0.3, 0.4) is 0 Å². The van der Waals surface area contributed by atoms with E-state index in [1.54, 1.807) is 0 Å². The van der Waals surface area contributed by atoms with Crippen LogP contribution in [0.15, 0.2) is 0 Å². The van der Waals surface area contributed by atoms with Crippen molar-refractivity contribution in [1.29, 1.82) is 0 Å². The summed E-state index contributed by atoms with van der Waals surface area (Å²) >= 11 is 0. The van der Waals surface area contributed by atoms with E-state index in [0.717, 1.165) is 19.3 Å². The van der Waals surface area contributed by atoms with Crippen molar-refractivity contribution in [2.75, 3.05) is 0 Å². The molecule has 0 spiro atoms. The Kier molecular flexibility index (Phi) is 5.27. The lowest BCUT2D eigenvalue weighted by atomic mass is 10.4. The van der Waals surface area contributed by atoms with E-state index >= 15 is 0 Å². The quantitative estimate of drug-likeness (QED) is 0.461. The fraction of sp³-hybridized carbons (Fsp3) is 0.857. The molecule has 2 heteroatoms. The van der Waals surface area contributed by atoms with Gasteiger partial charge in [-0.15, -0.1) is 0 Å². The second-order valence-corrected chi connectivity index (χ2v) is 2.20. The molecule has 0 saturated carbocycles. The van der Waals surface area contributed by atoms with Crippen LogP contribution in [0.5, 0.6) is 0 Å². The number of unbranched alkanes of at least 4 members (excludes halogenated alkanes) is 3. The summed E-state index contributed by atoms with van der Waals surface area (Å²) in [6, 6.07) is 0.